The van der Waals surface area contributed by atoms with Crippen molar-refractivity contribution in [1.29, 1.82) is 0 Å². The topological polar surface area (TPSA) is 9.23 Å². The van der Waals surface area contributed by atoms with Crippen LogP contribution in [-0.4, -0.2) is 6.10 Å². The van der Waals surface area contributed by atoms with Crippen LogP contribution in [0.3, 0.4) is 0 Å². The van der Waals surface area contributed by atoms with Crippen molar-refractivity contribution in [3.8, 4) is 5.75 Å². The van der Waals surface area contributed by atoms with Crippen molar-refractivity contribution in [2.75, 3.05) is 0 Å². The number of hydrogen-bond donors (Lipinski definition) is 0. The van der Waals surface area contributed by atoms with Crippen LogP contribution in [0.15, 0.2) is 24.3 Å². The van der Waals surface area contributed by atoms with Gasteiger partial charge in [-0.25, -0.2) is 0 Å². The number of hydrogen-bond acceptors (Lipinski definition) is 1. The maximum Gasteiger partial charge on any atom is 0.122 e. The zero-order chi connectivity index (χ0) is 11.9. The quantitative estimate of drug-likeness (QED) is 0.741. The van der Waals surface area contributed by atoms with Crippen molar-refractivity contribution >= 4 is 0 Å². The lowest BCUT2D eigenvalue weighted by molar-refractivity contribution is 0.165. The highest BCUT2D eigenvalue weighted by atomic mass is 16.5. The third kappa shape index (κ3) is 3.76. The molecule has 1 aliphatic rings. The van der Waals surface area contributed by atoms with Crippen LogP contribution in [0.5, 0.6) is 5.75 Å². The van der Waals surface area contributed by atoms with Crippen molar-refractivity contribution in [2.45, 2.75) is 57.5 Å². The average Bonchev–Trinajstić information content (AvgIpc) is 2.33. The Morgan fingerprint density at radius 1 is 1.00 bits per heavy atom. The Morgan fingerprint density at radius 2 is 1.65 bits per heavy atom. The monoisotopic (exact) mass is 231 g/mol. The molecule has 1 heteroatoms. The van der Waals surface area contributed by atoms with Crippen LogP contribution < -0.4 is 4.74 Å². The number of rotatable bonds is 3. The van der Waals surface area contributed by atoms with Gasteiger partial charge in [-0.05, 0) is 50.7 Å². The van der Waals surface area contributed by atoms with Crippen molar-refractivity contribution < 1.29 is 4.74 Å². The molecule has 0 aromatic heterocycles. The molecular weight excluding hydrogens is 208 g/mol. The lowest BCUT2D eigenvalue weighted by atomic mass is 9.98. The molecule has 0 spiro atoms. The van der Waals surface area contributed by atoms with Crippen LogP contribution in [0.1, 0.15) is 50.5 Å². The molecule has 0 bridgehead atoms. The molecule has 2 rings (SSSR count). The van der Waals surface area contributed by atoms with Gasteiger partial charge < -0.3 is 4.74 Å². The van der Waals surface area contributed by atoms with Gasteiger partial charge in [-0.2, -0.15) is 0 Å². The van der Waals surface area contributed by atoms with E-state index in [2.05, 4.69) is 31.2 Å². The first-order valence-corrected chi connectivity index (χ1v) is 6.94. The summed E-state index contributed by atoms with van der Waals surface area (Å²) in [5, 5.41) is 0. The van der Waals surface area contributed by atoms with Crippen LogP contribution >= 0.6 is 0 Å². The van der Waals surface area contributed by atoms with Crippen LogP contribution in [0.4, 0.5) is 0 Å². The number of benzene rings is 1. The molecule has 1 aromatic rings. The van der Waals surface area contributed by atoms with Gasteiger partial charge in [0.2, 0.25) is 0 Å². The smallest absolute Gasteiger partial charge is 0.122 e. The lowest BCUT2D eigenvalue weighted by Crippen LogP contribution is -2.18. The highest BCUT2D eigenvalue weighted by Crippen LogP contribution is 2.25. The highest BCUT2D eigenvalue weighted by Gasteiger charge is 2.13. The predicted molar refractivity (Wildman–Crippen MR) is 72.2 cm³/mol. The van der Waals surface area contributed by atoms with Gasteiger partial charge in [0.15, 0.2) is 0 Å². The van der Waals surface area contributed by atoms with Gasteiger partial charge in [0.1, 0.15) is 5.75 Å². The zero-order valence-corrected chi connectivity index (χ0v) is 10.7. The molecule has 0 N–H and O–H groups in total. The zero-order valence-electron chi connectivity index (χ0n) is 10.7. The Hall–Kier alpha value is -0.980. The molecule has 1 radical (unpaired) electrons. The van der Waals surface area contributed by atoms with E-state index < -0.39 is 0 Å². The minimum absolute atomic E-state index is 0.419. The van der Waals surface area contributed by atoms with Crippen LogP contribution in [0.2, 0.25) is 0 Å². The van der Waals surface area contributed by atoms with Gasteiger partial charge in [-0.1, -0.05) is 37.5 Å². The summed E-state index contributed by atoms with van der Waals surface area (Å²) in [7, 11) is 0. The van der Waals surface area contributed by atoms with E-state index in [0.29, 0.717) is 6.10 Å². The second-order valence-electron chi connectivity index (χ2n) is 4.94. The number of ether oxygens (including phenoxy) is 1. The fraction of sp³-hybridized carbons (Fsp3) is 0.562. The molecule has 1 saturated carbocycles. The maximum atomic E-state index is 6.17. The molecule has 1 aromatic carbocycles. The summed E-state index contributed by atoms with van der Waals surface area (Å²) in [4.78, 5) is 0. The van der Waals surface area contributed by atoms with Gasteiger partial charge in [0.05, 0.1) is 6.10 Å². The summed E-state index contributed by atoms with van der Waals surface area (Å²) in [6.45, 7) is 3.96. The van der Waals surface area contributed by atoms with E-state index in [-0.39, 0.29) is 0 Å². The molecule has 0 unspecified atom stereocenters. The van der Waals surface area contributed by atoms with Crippen molar-refractivity contribution in [3.63, 3.8) is 0 Å². The second kappa shape index (κ2) is 6.68. The van der Waals surface area contributed by atoms with Crippen LogP contribution in [0, 0.1) is 6.92 Å². The Labute approximate surface area is 105 Å². The standard InChI is InChI=1S/C16H23O/c1-2-14-10-8-9-13-16(14)17-15-11-6-4-3-5-7-12-15/h8-10,13,15H,1-7,11-12H2. The first-order chi connectivity index (χ1) is 8.40. The molecule has 17 heavy (non-hydrogen) atoms. The molecule has 1 aliphatic carbocycles. The van der Waals surface area contributed by atoms with Gasteiger partial charge in [-0.15, -0.1) is 0 Å². The predicted octanol–water partition coefficient (Wildman–Crippen LogP) is 4.55. The molecule has 0 aliphatic heterocycles. The van der Waals surface area contributed by atoms with Gasteiger partial charge >= 0.3 is 0 Å². The van der Waals surface area contributed by atoms with E-state index in [4.69, 9.17) is 4.74 Å². The summed E-state index contributed by atoms with van der Waals surface area (Å²) in [6.07, 6.45) is 10.4. The Kier molecular flexibility index (Phi) is 4.90. The minimum atomic E-state index is 0.419. The molecule has 0 atom stereocenters. The summed E-state index contributed by atoms with van der Waals surface area (Å²) in [5.41, 5.74) is 1.23. The summed E-state index contributed by atoms with van der Waals surface area (Å²) in [5.74, 6) is 1.05. The molecule has 1 fully saturated rings. The highest BCUT2D eigenvalue weighted by molar-refractivity contribution is 5.33. The molecule has 0 heterocycles. The van der Waals surface area contributed by atoms with Crippen LogP contribution in [-0.2, 0) is 6.42 Å². The fourth-order valence-corrected chi connectivity index (χ4v) is 2.54. The van der Waals surface area contributed by atoms with E-state index in [1.54, 1.807) is 0 Å². The van der Waals surface area contributed by atoms with Crippen LogP contribution in [0.25, 0.3) is 0 Å². The van der Waals surface area contributed by atoms with Crippen molar-refractivity contribution in [1.82, 2.24) is 0 Å². The average molecular weight is 231 g/mol. The third-order valence-electron chi connectivity index (χ3n) is 3.59. The molecule has 93 valence electrons. The van der Waals surface area contributed by atoms with Gasteiger partial charge in [-0.3, -0.25) is 0 Å². The first kappa shape index (κ1) is 12.5. The fourth-order valence-electron chi connectivity index (χ4n) is 2.54. The molecule has 0 saturated heterocycles. The third-order valence-corrected chi connectivity index (χ3v) is 3.59. The van der Waals surface area contributed by atoms with E-state index in [1.165, 1.54) is 50.5 Å². The summed E-state index contributed by atoms with van der Waals surface area (Å²) in [6, 6.07) is 8.31. The molecular formula is C16H23O. The van der Waals surface area contributed by atoms with E-state index in [1.807, 2.05) is 0 Å². The molecule has 0 amide bonds. The second-order valence-corrected chi connectivity index (χ2v) is 4.94. The summed E-state index contributed by atoms with van der Waals surface area (Å²) >= 11 is 0. The Bertz CT molecular complexity index is 324. The first-order valence-electron chi connectivity index (χ1n) is 6.94. The molecule has 1 nitrogen and oxygen atoms in total. The van der Waals surface area contributed by atoms with Crippen molar-refractivity contribution in [3.05, 3.63) is 36.8 Å². The van der Waals surface area contributed by atoms with Gasteiger partial charge in [0.25, 0.3) is 0 Å². The Morgan fingerprint density at radius 3 is 2.35 bits per heavy atom. The largest absolute Gasteiger partial charge is 0.490 e. The van der Waals surface area contributed by atoms with E-state index >= 15 is 0 Å². The van der Waals surface area contributed by atoms with E-state index in [9.17, 15) is 0 Å². The van der Waals surface area contributed by atoms with Gasteiger partial charge in [0, 0.05) is 0 Å². The van der Waals surface area contributed by atoms with Crippen molar-refractivity contribution in [2.24, 2.45) is 0 Å². The Balaban J connectivity index is 1.97. The lowest BCUT2D eigenvalue weighted by Gasteiger charge is -2.22. The maximum absolute atomic E-state index is 6.17. The summed E-state index contributed by atoms with van der Waals surface area (Å²) < 4.78 is 6.17. The minimum Gasteiger partial charge on any atom is -0.490 e. The van der Waals surface area contributed by atoms with E-state index in [0.717, 1.165) is 12.2 Å². The SMILES string of the molecule is [CH2]Cc1ccccc1OC1CCCCCCC1. The normalized spacial score (nSPS) is 18.4. The number of para-hydroxylation sites is 1.